The van der Waals surface area contributed by atoms with Crippen LogP contribution in [0, 0.1) is 0 Å². The molecule has 0 radical (unpaired) electrons. The summed E-state index contributed by atoms with van der Waals surface area (Å²) in [4.78, 5) is 14.5. The number of nitrogens with zero attached hydrogens (tertiary/aromatic N) is 1. The van der Waals surface area contributed by atoms with E-state index in [1.54, 1.807) is 0 Å². The number of benzene rings is 3. The van der Waals surface area contributed by atoms with Crippen LogP contribution in [0.5, 0.6) is 0 Å². The largest absolute Gasteiger partial charge is 0.311 e. The van der Waals surface area contributed by atoms with Gasteiger partial charge in [0.25, 0.3) is 0 Å². The Morgan fingerprint density at radius 3 is 1.69 bits per heavy atom. The van der Waals surface area contributed by atoms with Crippen LogP contribution in [0.15, 0.2) is 84.9 Å². The van der Waals surface area contributed by atoms with Crippen molar-refractivity contribution in [2.24, 2.45) is 0 Å². The van der Waals surface area contributed by atoms with Gasteiger partial charge in [-0.25, -0.2) is 0 Å². The lowest BCUT2D eigenvalue weighted by atomic mass is 10.0. The monoisotopic (exact) mass is 407 g/mol. The lowest BCUT2D eigenvalue weighted by Gasteiger charge is -2.25. The van der Waals surface area contributed by atoms with Gasteiger partial charge >= 0.3 is 0 Å². The number of hydrogen-bond acceptors (Lipinski definition) is 2. The Labute approximate surface area is 163 Å². The molecule has 3 heteroatoms. The molecule has 0 amide bonds. The number of alkyl halides is 1. The summed E-state index contributed by atoms with van der Waals surface area (Å²) in [6, 6.07) is 28.4. The first-order valence-corrected chi connectivity index (χ1v) is 10.0. The summed E-state index contributed by atoms with van der Waals surface area (Å²) in [6.07, 6.45) is 2.55. The third-order valence-corrected chi connectivity index (χ3v) is 4.82. The van der Waals surface area contributed by atoms with Gasteiger partial charge in [0, 0.05) is 34.4 Å². The minimum atomic E-state index is 0.212. The molecule has 3 rings (SSSR count). The van der Waals surface area contributed by atoms with Crippen molar-refractivity contribution in [1.29, 1.82) is 0 Å². The molecule has 0 heterocycles. The quantitative estimate of drug-likeness (QED) is 0.229. The Balaban J connectivity index is 1.87. The first kappa shape index (κ1) is 18.4. The highest BCUT2D eigenvalue weighted by Crippen LogP contribution is 2.34. The van der Waals surface area contributed by atoms with Gasteiger partial charge in [0.05, 0.1) is 0 Å². The molecule has 26 heavy (non-hydrogen) atoms. The van der Waals surface area contributed by atoms with Gasteiger partial charge in [0.2, 0.25) is 0 Å². The zero-order valence-electron chi connectivity index (χ0n) is 14.6. The fraction of sp³-hybridized carbons (Fsp3) is 0.174. The molecule has 0 unspecified atom stereocenters. The highest BCUT2D eigenvalue weighted by atomic mass is 79.9. The van der Waals surface area contributed by atoms with Crippen LogP contribution in [0.2, 0.25) is 0 Å². The minimum absolute atomic E-state index is 0.212. The Kier molecular flexibility index (Phi) is 6.62. The van der Waals surface area contributed by atoms with Crippen LogP contribution in [-0.4, -0.2) is 11.1 Å². The third kappa shape index (κ3) is 4.61. The van der Waals surface area contributed by atoms with Crippen molar-refractivity contribution in [3.63, 3.8) is 0 Å². The van der Waals surface area contributed by atoms with E-state index in [1.807, 2.05) is 60.7 Å². The number of para-hydroxylation sites is 2. The van der Waals surface area contributed by atoms with E-state index in [2.05, 4.69) is 45.1 Å². The zero-order valence-corrected chi connectivity index (χ0v) is 16.2. The molecule has 0 N–H and O–H groups in total. The summed E-state index contributed by atoms with van der Waals surface area (Å²) < 4.78 is 0. The summed E-state index contributed by atoms with van der Waals surface area (Å²) >= 11 is 3.41. The average molecular weight is 408 g/mol. The first-order chi connectivity index (χ1) is 12.8. The second-order valence-corrected chi connectivity index (χ2v) is 6.92. The van der Waals surface area contributed by atoms with E-state index in [1.165, 1.54) is 0 Å². The molecule has 0 aliphatic heterocycles. The van der Waals surface area contributed by atoms with Gasteiger partial charge in [-0.15, -0.1) is 0 Å². The number of anilines is 3. The van der Waals surface area contributed by atoms with Gasteiger partial charge in [-0.1, -0.05) is 52.3 Å². The predicted molar refractivity (Wildman–Crippen MR) is 113 cm³/mol. The highest BCUT2D eigenvalue weighted by molar-refractivity contribution is 9.09. The normalized spacial score (nSPS) is 10.5. The molecule has 0 atom stereocenters. The first-order valence-electron chi connectivity index (χ1n) is 8.89. The van der Waals surface area contributed by atoms with E-state index in [4.69, 9.17) is 0 Å². The number of hydrogen-bond donors (Lipinski definition) is 0. The van der Waals surface area contributed by atoms with Crippen molar-refractivity contribution >= 4 is 38.8 Å². The third-order valence-electron chi connectivity index (χ3n) is 4.26. The zero-order chi connectivity index (χ0) is 18.2. The number of halogens is 1. The van der Waals surface area contributed by atoms with Crippen molar-refractivity contribution in [3.05, 3.63) is 90.5 Å². The Hall–Kier alpha value is -2.39. The summed E-state index contributed by atoms with van der Waals surface area (Å²) in [6.45, 7) is 0. The molecule has 0 saturated carbocycles. The van der Waals surface area contributed by atoms with E-state index in [9.17, 15) is 4.79 Å². The van der Waals surface area contributed by atoms with Gasteiger partial charge in [0.1, 0.15) is 0 Å². The van der Waals surface area contributed by atoms with Gasteiger partial charge in [0.15, 0.2) is 5.78 Å². The van der Waals surface area contributed by atoms with E-state index >= 15 is 0 Å². The summed E-state index contributed by atoms with van der Waals surface area (Å²) in [7, 11) is 0. The van der Waals surface area contributed by atoms with Gasteiger partial charge in [-0.2, -0.15) is 0 Å². The molecule has 2 nitrogen and oxygen atoms in total. The molecule has 3 aromatic rings. The predicted octanol–water partition coefficient (Wildman–Crippen LogP) is 6.90. The molecule has 0 spiro atoms. The van der Waals surface area contributed by atoms with Crippen LogP contribution >= 0.6 is 15.9 Å². The number of Topliss-reactive ketones (excluding diaryl/α,β-unsaturated/α-hetero) is 1. The number of carbonyl (C=O) groups is 1. The lowest BCUT2D eigenvalue weighted by molar-refractivity contribution is 0.0980. The standard InChI is InChI=1S/C23H22BrNO/c24-18-8-7-13-23(26)19-14-16-22(17-15-19)25(20-9-3-1-4-10-20)21-11-5-2-6-12-21/h1-6,9-12,14-17H,7-8,13,18H2. The second kappa shape index (κ2) is 9.35. The molecule has 0 aromatic heterocycles. The molecule has 0 bridgehead atoms. The maximum absolute atomic E-state index is 12.3. The van der Waals surface area contributed by atoms with E-state index < -0.39 is 0 Å². The Bertz CT molecular complexity index is 776. The topological polar surface area (TPSA) is 20.3 Å². The van der Waals surface area contributed by atoms with Crippen LogP contribution in [0.3, 0.4) is 0 Å². The minimum Gasteiger partial charge on any atom is -0.311 e. The maximum atomic E-state index is 12.3. The number of unbranched alkanes of at least 4 members (excludes halogenated alkanes) is 1. The van der Waals surface area contributed by atoms with Crippen LogP contribution in [0.1, 0.15) is 29.6 Å². The van der Waals surface area contributed by atoms with Crippen molar-refractivity contribution in [3.8, 4) is 0 Å². The lowest BCUT2D eigenvalue weighted by Crippen LogP contribution is -2.10. The molecule has 3 aromatic carbocycles. The summed E-state index contributed by atoms with van der Waals surface area (Å²) in [5, 5.41) is 0.947. The van der Waals surface area contributed by atoms with Crippen LogP contribution < -0.4 is 4.90 Å². The fourth-order valence-electron chi connectivity index (χ4n) is 2.92. The second-order valence-electron chi connectivity index (χ2n) is 6.12. The molecular weight excluding hydrogens is 386 g/mol. The summed E-state index contributed by atoms with van der Waals surface area (Å²) in [5.41, 5.74) is 4.01. The number of rotatable bonds is 8. The van der Waals surface area contributed by atoms with E-state index in [0.29, 0.717) is 6.42 Å². The Morgan fingerprint density at radius 1 is 0.692 bits per heavy atom. The molecule has 0 aliphatic rings. The van der Waals surface area contributed by atoms with Gasteiger partial charge < -0.3 is 4.90 Å². The van der Waals surface area contributed by atoms with Crippen molar-refractivity contribution in [1.82, 2.24) is 0 Å². The van der Waals surface area contributed by atoms with Crippen LogP contribution in [-0.2, 0) is 0 Å². The van der Waals surface area contributed by atoms with E-state index in [0.717, 1.165) is 40.8 Å². The molecule has 0 saturated heterocycles. The van der Waals surface area contributed by atoms with Gasteiger partial charge in [-0.05, 0) is 61.4 Å². The highest BCUT2D eigenvalue weighted by Gasteiger charge is 2.12. The van der Waals surface area contributed by atoms with Gasteiger partial charge in [-0.3, -0.25) is 4.79 Å². The summed E-state index contributed by atoms with van der Waals surface area (Å²) in [5.74, 6) is 0.212. The van der Waals surface area contributed by atoms with E-state index in [-0.39, 0.29) is 5.78 Å². The fourth-order valence-corrected chi connectivity index (χ4v) is 3.32. The molecule has 0 aliphatic carbocycles. The smallest absolute Gasteiger partial charge is 0.162 e. The van der Waals surface area contributed by atoms with Crippen LogP contribution in [0.25, 0.3) is 0 Å². The molecular formula is C23H22BrNO. The number of ketones is 1. The van der Waals surface area contributed by atoms with Crippen LogP contribution in [0.4, 0.5) is 17.1 Å². The Morgan fingerprint density at radius 2 is 1.19 bits per heavy atom. The van der Waals surface area contributed by atoms with Crippen molar-refractivity contribution < 1.29 is 4.79 Å². The SMILES string of the molecule is O=C(CCCCBr)c1ccc(N(c2ccccc2)c2ccccc2)cc1. The maximum Gasteiger partial charge on any atom is 0.162 e. The van der Waals surface area contributed by atoms with Crippen molar-refractivity contribution in [2.45, 2.75) is 19.3 Å². The molecule has 132 valence electrons. The average Bonchev–Trinajstić information content (AvgIpc) is 2.70. The van der Waals surface area contributed by atoms with Crippen molar-refractivity contribution in [2.75, 3.05) is 10.2 Å². The number of carbonyl (C=O) groups excluding carboxylic acids is 1. The molecule has 0 fully saturated rings.